The van der Waals surface area contributed by atoms with Crippen LogP contribution in [0.2, 0.25) is 10.0 Å². The van der Waals surface area contributed by atoms with E-state index < -0.39 is 23.5 Å². The molecule has 164 valence electrons. The number of hydrogen-bond donors (Lipinski definition) is 1. The van der Waals surface area contributed by atoms with E-state index in [0.717, 1.165) is 0 Å². The van der Waals surface area contributed by atoms with Gasteiger partial charge in [0.2, 0.25) is 0 Å². The highest BCUT2D eigenvalue weighted by Gasteiger charge is 2.46. The number of rotatable bonds is 7. The molecule has 1 saturated heterocycles. The van der Waals surface area contributed by atoms with E-state index in [1.54, 1.807) is 24.3 Å². The largest absolute Gasteiger partial charge is 0.507 e. The van der Waals surface area contributed by atoms with Crippen LogP contribution in [0.3, 0.4) is 0 Å². The van der Waals surface area contributed by atoms with E-state index in [1.807, 2.05) is 0 Å². The molecule has 1 N–H and O–H groups in total. The van der Waals surface area contributed by atoms with E-state index in [2.05, 4.69) is 0 Å². The zero-order valence-corrected chi connectivity index (χ0v) is 18.7. The number of aliphatic hydroxyl groups is 1. The smallest absolute Gasteiger partial charge is 0.295 e. The van der Waals surface area contributed by atoms with Crippen LogP contribution < -0.4 is 9.47 Å². The van der Waals surface area contributed by atoms with Crippen molar-refractivity contribution in [1.82, 2.24) is 4.90 Å². The van der Waals surface area contributed by atoms with Crippen LogP contribution >= 0.6 is 23.2 Å². The first-order chi connectivity index (χ1) is 14.8. The lowest BCUT2D eigenvalue weighted by Crippen LogP contribution is -2.32. The minimum Gasteiger partial charge on any atom is -0.507 e. The summed E-state index contributed by atoms with van der Waals surface area (Å²) in [6, 6.07) is 8.91. The Labute approximate surface area is 189 Å². The van der Waals surface area contributed by atoms with E-state index in [1.165, 1.54) is 38.4 Å². The molecule has 3 rings (SSSR count). The number of amides is 1. The first-order valence-corrected chi connectivity index (χ1v) is 10.0. The molecule has 1 unspecified atom stereocenters. The summed E-state index contributed by atoms with van der Waals surface area (Å²) in [6.07, 6.45) is 0. The van der Waals surface area contributed by atoms with Gasteiger partial charge in [-0.15, -0.1) is 0 Å². The lowest BCUT2D eigenvalue weighted by Gasteiger charge is -2.25. The second-order valence-corrected chi connectivity index (χ2v) is 7.57. The third-order valence-electron chi connectivity index (χ3n) is 4.98. The molecule has 31 heavy (non-hydrogen) atoms. The van der Waals surface area contributed by atoms with Crippen molar-refractivity contribution < 1.29 is 28.9 Å². The highest BCUT2D eigenvalue weighted by molar-refractivity contribution is 6.46. The lowest BCUT2D eigenvalue weighted by atomic mass is 9.95. The van der Waals surface area contributed by atoms with E-state index in [4.69, 9.17) is 37.4 Å². The summed E-state index contributed by atoms with van der Waals surface area (Å²) < 4.78 is 15.6. The van der Waals surface area contributed by atoms with E-state index >= 15 is 0 Å². The van der Waals surface area contributed by atoms with Gasteiger partial charge < -0.3 is 24.2 Å². The number of nitrogens with zero attached hydrogens (tertiary/aromatic N) is 1. The fourth-order valence-electron chi connectivity index (χ4n) is 3.52. The van der Waals surface area contributed by atoms with Crippen LogP contribution in [0.15, 0.2) is 42.0 Å². The van der Waals surface area contributed by atoms with Crippen LogP contribution in [0, 0.1) is 0 Å². The summed E-state index contributed by atoms with van der Waals surface area (Å²) >= 11 is 12.3. The van der Waals surface area contributed by atoms with Crippen LogP contribution in [0.4, 0.5) is 0 Å². The molecular formula is C22H21Cl2NO6. The average molecular weight is 466 g/mol. The molecule has 1 atom stereocenters. The van der Waals surface area contributed by atoms with Gasteiger partial charge in [0.15, 0.2) is 0 Å². The Balaban J connectivity index is 2.24. The first-order valence-electron chi connectivity index (χ1n) is 9.28. The molecule has 1 heterocycles. The van der Waals surface area contributed by atoms with Crippen molar-refractivity contribution in [1.29, 1.82) is 0 Å². The molecule has 2 aromatic carbocycles. The number of Topliss-reactive ketones (excluding diaryl/α,β-unsaturated/α-hetero) is 1. The number of carbonyl (C=O) groups excluding carboxylic acids is 2. The normalized spacial score (nSPS) is 17.8. The summed E-state index contributed by atoms with van der Waals surface area (Å²) in [5, 5.41) is 11.6. The highest BCUT2D eigenvalue weighted by Crippen LogP contribution is 2.43. The van der Waals surface area contributed by atoms with E-state index in [9.17, 15) is 14.7 Å². The van der Waals surface area contributed by atoms with Gasteiger partial charge in [-0.2, -0.15) is 0 Å². The predicted molar refractivity (Wildman–Crippen MR) is 117 cm³/mol. The number of halogens is 2. The molecular weight excluding hydrogens is 445 g/mol. The van der Waals surface area contributed by atoms with Gasteiger partial charge in [0.25, 0.3) is 11.7 Å². The molecule has 1 fully saturated rings. The predicted octanol–water partition coefficient (Wildman–Crippen LogP) is 4.08. The quantitative estimate of drug-likeness (QED) is 0.376. The molecule has 1 amide bonds. The third kappa shape index (κ3) is 4.35. The van der Waals surface area contributed by atoms with E-state index in [0.29, 0.717) is 11.3 Å². The third-order valence-corrected chi connectivity index (χ3v) is 5.47. The minimum atomic E-state index is -0.844. The number of likely N-dealkylation sites (tertiary alicyclic amines) is 1. The fraction of sp³-hybridized carbons (Fsp3) is 0.273. The number of aliphatic hydroxyl groups excluding tert-OH is 1. The van der Waals surface area contributed by atoms with Crippen molar-refractivity contribution in [2.24, 2.45) is 0 Å². The maximum atomic E-state index is 13.0. The summed E-state index contributed by atoms with van der Waals surface area (Å²) in [5.41, 5.74) is 0.635. The van der Waals surface area contributed by atoms with Gasteiger partial charge in [-0.05, 0) is 29.8 Å². The van der Waals surface area contributed by atoms with Crippen LogP contribution in [-0.4, -0.2) is 56.2 Å². The molecule has 0 spiro atoms. The Morgan fingerprint density at radius 2 is 1.74 bits per heavy atom. The SMILES string of the molecule is COCCN1C(=O)C(=O)/C(=C(/O)c2cc(Cl)cc(Cl)c2OC)C1c1ccc(OC)cc1. The number of methoxy groups -OCH3 is 3. The molecule has 1 aliphatic rings. The Morgan fingerprint density at radius 3 is 2.32 bits per heavy atom. The van der Waals surface area contributed by atoms with Crippen LogP contribution in [0.5, 0.6) is 11.5 Å². The molecule has 0 radical (unpaired) electrons. The Morgan fingerprint density at radius 1 is 1.06 bits per heavy atom. The standard InChI is InChI=1S/C22H21Cl2NO6/c1-29-9-8-25-18(12-4-6-14(30-2)7-5-12)17(20(27)22(25)28)19(26)15-10-13(23)11-16(24)21(15)31-3/h4-7,10-11,18,26H,8-9H2,1-3H3/b19-17+. The molecule has 0 aromatic heterocycles. The van der Waals surface area contributed by atoms with Crippen LogP contribution in [0.1, 0.15) is 17.2 Å². The van der Waals surface area contributed by atoms with Crippen molar-refractivity contribution in [2.45, 2.75) is 6.04 Å². The Hall–Kier alpha value is -2.74. The highest BCUT2D eigenvalue weighted by atomic mass is 35.5. The van der Waals surface area contributed by atoms with Gasteiger partial charge in [-0.25, -0.2) is 0 Å². The van der Waals surface area contributed by atoms with Crippen molar-refractivity contribution >= 4 is 40.7 Å². The van der Waals surface area contributed by atoms with Gasteiger partial charge >= 0.3 is 0 Å². The maximum absolute atomic E-state index is 13.0. The number of carbonyl (C=O) groups is 2. The van der Waals surface area contributed by atoms with Crippen molar-refractivity contribution in [3.8, 4) is 11.5 Å². The Kier molecular flexibility index (Phi) is 7.10. The van der Waals surface area contributed by atoms with Crippen molar-refractivity contribution in [3.63, 3.8) is 0 Å². The zero-order valence-electron chi connectivity index (χ0n) is 17.1. The summed E-state index contributed by atoms with van der Waals surface area (Å²) in [6.45, 7) is 0.369. The molecule has 0 bridgehead atoms. The molecule has 9 heteroatoms. The lowest BCUT2D eigenvalue weighted by molar-refractivity contribution is -0.140. The first kappa shape index (κ1) is 22.9. The van der Waals surface area contributed by atoms with Crippen molar-refractivity contribution in [3.05, 3.63) is 63.1 Å². The Bertz CT molecular complexity index is 1040. The molecule has 0 aliphatic carbocycles. The summed E-state index contributed by atoms with van der Waals surface area (Å²) in [7, 11) is 4.41. The van der Waals surface area contributed by atoms with Crippen LogP contribution in [0.25, 0.3) is 5.76 Å². The molecule has 7 nitrogen and oxygen atoms in total. The monoisotopic (exact) mass is 465 g/mol. The van der Waals surface area contributed by atoms with Crippen molar-refractivity contribution in [2.75, 3.05) is 34.5 Å². The van der Waals surface area contributed by atoms with Gasteiger partial charge in [0.1, 0.15) is 17.3 Å². The second-order valence-electron chi connectivity index (χ2n) is 6.73. The van der Waals surface area contributed by atoms with Gasteiger partial charge in [-0.1, -0.05) is 35.3 Å². The fourth-order valence-corrected chi connectivity index (χ4v) is 4.09. The number of hydrogen-bond acceptors (Lipinski definition) is 6. The van der Waals surface area contributed by atoms with E-state index in [-0.39, 0.29) is 40.1 Å². The number of ether oxygens (including phenoxy) is 3. The van der Waals surface area contributed by atoms with Crippen LogP contribution in [-0.2, 0) is 14.3 Å². The second kappa shape index (κ2) is 9.60. The topological polar surface area (TPSA) is 85.3 Å². The molecule has 1 aliphatic heterocycles. The summed E-state index contributed by atoms with van der Waals surface area (Å²) in [5.74, 6) is -1.25. The summed E-state index contributed by atoms with van der Waals surface area (Å²) in [4.78, 5) is 27.2. The molecule has 2 aromatic rings. The number of ketones is 1. The van der Waals surface area contributed by atoms with Gasteiger partial charge in [0.05, 0.1) is 43.0 Å². The maximum Gasteiger partial charge on any atom is 0.295 e. The van der Waals surface area contributed by atoms with Gasteiger partial charge in [-0.3, -0.25) is 9.59 Å². The minimum absolute atomic E-state index is 0.0945. The zero-order chi connectivity index (χ0) is 22.7. The van der Waals surface area contributed by atoms with Gasteiger partial charge in [0, 0.05) is 18.7 Å². The average Bonchev–Trinajstić information content (AvgIpc) is 3.01. The number of benzene rings is 2. The molecule has 0 saturated carbocycles.